The van der Waals surface area contributed by atoms with Crippen molar-refractivity contribution in [2.45, 2.75) is 19.8 Å². The van der Waals surface area contributed by atoms with Crippen LogP contribution in [0.3, 0.4) is 0 Å². The Morgan fingerprint density at radius 2 is 1.63 bits per heavy atom. The van der Waals surface area contributed by atoms with Gasteiger partial charge in [-0.3, -0.25) is 9.10 Å². The number of hydrogen-bond acceptors (Lipinski definition) is 4. The van der Waals surface area contributed by atoms with E-state index in [0.717, 1.165) is 16.1 Å². The van der Waals surface area contributed by atoms with Crippen molar-refractivity contribution in [1.82, 2.24) is 4.90 Å². The minimum atomic E-state index is -3.62. The molecule has 1 aliphatic rings. The molecule has 0 saturated carbocycles. The lowest BCUT2D eigenvalue weighted by Gasteiger charge is -2.37. The molecule has 0 radical (unpaired) electrons. The van der Waals surface area contributed by atoms with Gasteiger partial charge in [0.15, 0.2) is 0 Å². The highest BCUT2D eigenvalue weighted by atomic mass is 32.2. The zero-order valence-corrected chi connectivity index (χ0v) is 18.4. The Hall–Kier alpha value is -2.61. The predicted octanol–water partition coefficient (Wildman–Crippen LogP) is 3.06. The number of amides is 1. The van der Waals surface area contributed by atoms with Crippen LogP contribution >= 0.6 is 0 Å². The van der Waals surface area contributed by atoms with Crippen molar-refractivity contribution in [2.75, 3.05) is 48.2 Å². The Labute approximate surface area is 177 Å². The molecule has 162 valence electrons. The number of carbonyl (C=O) groups is 1. The fourth-order valence-electron chi connectivity index (χ4n) is 3.55. The topological polar surface area (TPSA) is 60.9 Å². The molecule has 1 amide bonds. The molecule has 1 aliphatic heterocycles. The first-order chi connectivity index (χ1) is 14.2. The van der Waals surface area contributed by atoms with Gasteiger partial charge in [0.2, 0.25) is 15.9 Å². The van der Waals surface area contributed by atoms with Crippen LogP contribution in [-0.2, 0) is 14.8 Å². The zero-order valence-electron chi connectivity index (χ0n) is 17.6. The molecule has 0 aromatic heterocycles. The summed E-state index contributed by atoms with van der Waals surface area (Å²) < 4.78 is 39.8. The SMILES string of the molecule is CC(C)c1ccc(N(CC(=O)N2CCN(c3ccccc3F)CC2)S(C)(=O)=O)cc1. The number of carbonyl (C=O) groups excluding carboxylic acids is 1. The quantitative estimate of drug-likeness (QED) is 0.703. The minimum absolute atomic E-state index is 0.250. The Balaban J connectivity index is 1.68. The van der Waals surface area contributed by atoms with Crippen molar-refractivity contribution >= 4 is 27.3 Å². The number of benzene rings is 2. The van der Waals surface area contributed by atoms with Crippen LogP contribution in [0, 0.1) is 5.82 Å². The first kappa shape index (κ1) is 22.1. The number of para-hydroxylation sites is 1. The van der Waals surface area contributed by atoms with Crippen LogP contribution in [0.2, 0.25) is 0 Å². The highest BCUT2D eigenvalue weighted by Gasteiger charge is 2.27. The van der Waals surface area contributed by atoms with Gasteiger partial charge in [0.05, 0.1) is 17.6 Å². The molecule has 2 aromatic carbocycles. The molecule has 0 aliphatic carbocycles. The van der Waals surface area contributed by atoms with E-state index < -0.39 is 10.0 Å². The van der Waals surface area contributed by atoms with Gasteiger partial charge in [-0.25, -0.2) is 12.8 Å². The Morgan fingerprint density at radius 3 is 2.17 bits per heavy atom. The Bertz CT molecular complexity index is 985. The van der Waals surface area contributed by atoms with Crippen LogP contribution in [-0.4, -0.2) is 58.2 Å². The highest BCUT2D eigenvalue weighted by molar-refractivity contribution is 7.92. The maximum Gasteiger partial charge on any atom is 0.243 e. The summed E-state index contributed by atoms with van der Waals surface area (Å²) in [6.07, 6.45) is 1.10. The normalized spacial score (nSPS) is 14.8. The minimum Gasteiger partial charge on any atom is -0.366 e. The lowest BCUT2D eigenvalue weighted by molar-refractivity contribution is -0.129. The van der Waals surface area contributed by atoms with Gasteiger partial charge < -0.3 is 9.80 Å². The molecule has 1 saturated heterocycles. The summed E-state index contributed by atoms with van der Waals surface area (Å²) in [6, 6.07) is 13.8. The van der Waals surface area contributed by atoms with Gasteiger partial charge in [-0.15, -0.1) is 0 Å². The summed E-state index contributed by atoms with van der Waals surface area (Å²) in [6.45, 7) is 5.69. The van der Waals surface area contributed by atoms with E-state index >= 15 is 0 Å². The lowest BCUT2D eigenvalue weighted by atomic mass is 10.0. The molecule has 3 rings (SSSR count). The molecule has 1 fully saturated rings. The highest BCUT2D eigenvalue weighted by Crippen LogP contribution is 2.23. The van der Waals surface area contributed by atoms with Crippen LogP contribution in [0.5, 0.6) is 0 Å². The molecular formula is C22H28FN3O3S. The van der Waals surface area contributed by atoms with Gasteiger partial charge in [0, 0.05) is 26.2 Å². The molecule has 0 bridgehead atoms. The molecule has 30 heavy (non-hydrogen) atoms. The Kier molecular flexibility index (Phi) is 6.65. The molecule has 0 spiro atoms. The van der Waals surface area contributed by atoms with E-state index in [0.29, 0.717) is 43.5 Å². The van der Waals surface area contributed by atoms with Crippen molar-refractivity contribution in [3.63, 3.8) is 0 Å². The standard InChI is InChI=1S/C22H28FN3O3S/c1-17(2)18-8-10-19(11-9-18)26(30(3,28)29)16-22(27)25-14-12-24(13-15-25)21-7-5-4-6-20(21)23/h4-11,17H,12-16H2,1-3H3. The van der Waals surface area contributed by atoms with Crippen molar-refractivity contribution < 1.29 is 17.6 Å². The van der Waals surface area contributed by atoms with Crippen molar-refractivity contribution in [3.8, 4) is 0 Å². The van der Waals surface area contributed by atoms with Crippen LogP contribution in [0.4, 0.5) is 15.8 Å². The molecule has 6 nitrogen and oxygen atoms in total. The van der Waals surface area contributed by atoms with Crippen molar-refractivity contribution in [3.05, 3.63) is 59.9 Å². The third-order valence-corrected chi connectivity index (χ3v) is 6.49. The average molecular weight is 434 g/mol. The van der Waals surface area contributed by atoms with Crippen LogP contribution < -0.4 is 9.21 Å². The van der Waals surface area contributed by atoms with E-state index in [1.165, 1.54) is 6.07 Å². The fourth-order valence-corrected chi connectivity index (χ4v) is 4.40. The number of sulfonamides is 1. The second-order valence-corrected chi connectivity index (χ2v) is 9.74. The van der Waals surface area contributed by atoms with E-state index in [9.17, 15) is 17.6 Å². The first-order valence-electron chi connectivity index (χ1n) is 10.0. The van der Waals surface area contributed by atoms with Gasteiger partial charge in [0.25, 0.3) is 0 Å². The van der Waals surface area contributed by atoms with Gasteiger partial charge in [-0.2, -0.15) is 0 Å². The lowest BCUT2D eigenvalue weighted by Crippen LogP contribution is -2.52. The number of piperazine rings is 1. The number of hydrogen-bond donors (Lipinski definition) is 0. The number of nitrogens with zero attached hydrogens (tertiary/aromatic N) is 3. The van der Waals surface area contributed by atoms with Gasteiger partial charge in [-0.05, 0) is 35.7 Å². The summed E-state index contributed by atoms with van der Waals surface area (Å²) in [5.74, 6) is -0.218. The summed E-state index contributed by atoms with van der Waals surface area (Å²) in [7, 11) is -3.62. The van der Waals surface area contributed by atoms with E-state index in [2.05, 4.69) is 13.8 Å². The predicted molar refractivity (Wildman–Crippen MR) is 118 cm³/mol. The zero-order chi connectivity index (χ0) is 21.9. The van der Waals surface area contributed by atoms with Crippen LogP contribution in [0.25, 0.3) is 0 Å². The van der Waals surface area contributed by atoms with E-state index in [4.69, 9.17) is 0 Å². The largest absolute Gasteiger partial charge is 0.366 e. The number of rotatable bonds is 6. The van der Waals surface area contributed by atoms with Gasteiger partial charge in [0.1, 0.15) is 12.4 Å². The van der Waals surface area contributed by atoms with Gasteiger partial charge in [-0.1, -0.05) is 38.1 Å². The molecule has 2 aromatic rings. The molecular weight excluding hydrogens is 405 g/mol. The smallest absolute Gasteiger partial charge is 0.243 e. The fraction of sp³-hybridized carbons (Fsp3) is 0.409. The average Bonchev–Trinajstić information content (AvgIpc) is 2.71. The second kappa shape index (κ2) is 9.04. The maximum atomic E-state index is 14.0. The summed E-state index contributed by atoms with van der Waals surface area (Å²) in [4.78, 5) is 16.4. The van der Waals surface area contributed by atoms with Crippen molar-refractivity contribution in [2.24, 2.45) is 0 Å². The van der Waals surface area contributed by atoms with E-state index in [-0.39, 0.29) is 18.3 Å². The summed E-state index contributed by atoms with van der Waals surface area (Å²) in [5, 5.41) is 0. The second-order valence-electron chi connectivity index (χ2n) is 7.84. The van der Waals surface area contributed by atoms with E-state index in [1.807, 2.05) is 17.0 Å². The molecule has 8 heteroatoms. The molecule has 0 atom stereocenters. The third kappa shape index (κ3) is 5.11. The van der Waals surface area contributed by atoms with Crippen molar-refractivity contribution in [1.29, 1.82) is 0 Å². The summed E-state index contributed by atoms with van der Waals surface area (Å²) >= 11 is 0. The van der Waals surface area contributed by atoms with E-state index in [1.54, 1.807) is 35.2 Å². The van der Waals surface area contributed by atoms with Gasteiger partial charge >= 0.3 is 0 Å². The molecule has 0 N–H and O–H groups in total. The number of anilines is 2. The number of halogens is 1. The Morgan fingerprint density at radius 1 is 1.03 bits per heavy atom. The first-order valence-corrected chi connectivity index (χ1v) is 11.9. The molecule has 1 heterocycles. The molecule has 0 unspecified atom stereocenters. The monoisotopic (exact) mass is 433 g/mol. The van der Waals surface area contributed by atoms with Crippen LogP contribution in [0.1, 0.15) is 25.3 Å². The maximum absolute atomic E-state index is 14.0. The van der Waals surface area contributed by atoms with Crippen LogP contribution in [0.15, 0.2) is 48.5 Å². The third-order valence-electron chi connectivity index (χ3n) is 5.35. The summed E-state index contributed by atoms with van der Waals surface area (Å²) in [5.41, 5.74) is 2.09.